The van der Waals surface area contributed by atoms with Gasteiger partial charge in [0.25, 0.3) is 0 Å². The van der Waals surface area contributed by atoms with Crippen LogP contribution in [0.3, 0.4) is 0 Å². The van der Waals surface area contributed by atoms with Crippen LogP contribution in [0, 0.1) is 0 Å². The monoisotopic (exact) mass is 295 g/mol. The van der Waals surface area contributed by atoms with Gasteiger partial charge in [0.05, 0.1) is 0 Å². The van der Waals surface area contributed by atoms with Crippen LogP contribution in [0.4, 0.5) is 5.69 Å². The van der Waals surface area contributed by atoms with Crippen molar-refractivity contribution in [1.82, 2.24) is 10.3 Å². The van der Waals surface area contributed by atoms with Crippen molar-refractivity contribution in [2.24, 2.45) is 0 Å². The van der Waals surface area contributed by atoms with E-state index in [1.165, 1.54) is 27.1 Å². The van der Waals surface area contributed by atoms with Gasteiger partial charge in [0, 0.05) is 46.7 Å². The van der Waals surface area contributed by atoms with E-state index in [-0.39, 0.29) is 0 Å². The van der Waals surface area contributed by atoms with Crippen LogP contribution in [-0.4, -0.2) is 11.5 Å². The first-order valence-corrected chi connectivity index (χ1v) is 8.04. The highest BCUT2D eigenvalue weighted by Gasteiger charge is 2.15. The summed E-state index contributed by atoms with van der Waals surface area (Å²) in [7, 11) is 0. The predicted molar refractivity (Wildman–Crippen MR) is 89.6 cm³/mol. The lowest BCUT2D eigenvalue weighted by molar-refractivity contribution is 0.641. The Labute approximate surface area is 128 Å². The molecule has 21 heavy (non-hydrogen) atoms. The zero-order valence-corrected chi connectivity index (χ0v) is 12.5. The minimum absolute atomic E-state index is 0.968. The average Bonchev–Trinajstić information content (AvgIpc) is 2.92. The van der Waals surface area contributed by atoms with Gasteiger partial charge in [-0.3, -0.25) is 0 Å². The molecular formula is C17H17N3S. The van der Waals surface area contributed by atoms with Gasteiger partial charge < -0.3 is 15.0 Å². The van der Waals surface area contributed by atoms with E-state index in [9.17, 15) is 0 Å². The molecule has 106 valence electrons. The zero-order valence-electron chi connectivity index (χ0n) is 11.6. The molecule has 0 radical (unpaired) electrons. The molecule has 4 rings (SSSR count). The second-order valence-corrected chi connectivity index (χ2v) is 6.17. The number of fused-ring (bicyclic) bond motifs is 3. The van der Waals surface area contributed by atoms with Crippen molar-refractivity contribution in [3.63, 3.8) is 0 Å². The van der Waals surface area contributed by atoms with Gasteiger partial charge >= 0.3 is 0 Å². The summed E-state index contributed by atoms with van der Waals surface area (Å²) < 4.78 is 3.39. The second-order valence-electron chi connectivity index (χ2n) is 5.29. The van der Waals surface area contributed by atoms with Crippen LogP contribution < -0.4 is 10.0 Å². The minimum Gasteiger partial charge on any atom is -0.358 e. The molecule has 3 nitrogen and oxygen atoms in total. The zero-order chi connectivity index (χ0) is 14.1. The average molecular weight is 295 g/mol. The van der Waals surface area contributed by atoms with Crippen molar-refractivity contribution in [1.29, 1.82) is 0 Å². The van der Waals surface area contributed by atoms with E-state index >= 15 is 0 Å². The van der Waals surface area contributed by atoms with Crippen LogP contribution in [0.5, 0.6) is 0 Å². The number of aromatic amines is 1. The highest BCUT2D eigenvalue weighted by atomic mass is 32.2. The third kappa shape index (κ3) is 2.52. The smallest absolute Gasteiger partial charge is 0.0460 e. The third-order valence-electron chi connectivity index (χ3n) is 3.88. The fourth-order valence-corrected chi connectivity index (χ4v) is 3.50. The van der Waals surface area contributed by atoms with Gasteiger partial charge in [-0.15, -0.1) is 0 Å². The van der Waals surface area contributed by atoms with Gasteiger partial charge in [-0.2, -0.15) is 0 Å². The largest absolute Gasteiger partial charge is 0.358 e. The fraction of sp³-hybridized carbons (Fsp3) is 0.176. The van der Waals surface area contributed by atoms with Gasteiger partial charge in [-0.25, -0.2) is 0 Å². The number of rotatable bonds is 3. The molecule has 0 spiro atoms. The van der Waals surface area contributed by atoms with Gasteiger partial charge in [-0.1, -0.05) is 18.2 Å². The van der Waals surface area contributed by atoms with Crippen molar-refractivity contribution in [2.45, 2.75) is 17.9 Å². The predicted octanol–water partition coefficient (Wildman–Crippen LogP) is 3.93. The summed E-state index contributed by atoms with van der Waals surface area (Å²) in [4.78, 5) is 4.78. The first-order chi connectivity index (χ1) is 10.4. The van der Waals surface area contributed by atoms with Crippen LogP contribution in [0.15, 0.2) is 53.4 Å². The Balaban J connectivity index is 1.61. The molecule has 0 fully saturated rings. The molecule has 0 unspecified atom stereocenters. The number of hydrogen-bond donors (Lipinski definition) is 3. The van der Waals surface area contributed by atoms with E-state index in [2.05, 4.69) is 45.4 Å². The number of benzene rings is 2. The molecule has 2 heterocycles. The van der Waals surface area contributed by atoms with E-state index in [0.29, 0.717) is 0 Å². The van der Waals surface area contributed by atoms with Crippen molar-refractivity contribution in [2.75, 3.05) is 11.3 Å². The van der Waals surface area contributed by atoms with E-state index < -0.39 is 0 Å². The maximum atomic E-state index is 3.55. The van der Waals surface area contributed by atoms with Gasteiger partial charge in [0.2, 0.25) is 0 Å². The molecule has 0 aliphatic carbocycles. The van der Waals surface area contributed by atoms with E-state index in [0.717, 1.165) is 25.2 Å². The molecule has 1 aliphatic heterocycles. The molecule has 2 aromatic carbocycles. The minimum atomic E-state index is 0.968. The number of aromatic nitrogens is 1. The van der Waals surface area contributed by atoms with Crippen LogP contribution in [0.1, 0.15) is 11.3 Å². The highest BCUT2D eigenvalue weighted by Crippen LogP contribution is 2.29. The maximum Gasteiger partial charge on any atom is 0.0460 e. The molecule has 0 bridgehead atoms. The van der Waals surface area contributed by atoms with E-state index in [1.807, 2.05) is 18.2 Å². The van der Waals surface area contributed by atoms with Crippen molar-refractivity contribution >= 4 is 28.5 Å². The van der Waals surface area contributed by atoms with Crippen LogP contribution in [0.25, 0.3) is 10.9 Å². The summed E-state index contributed by atoms with van der Waals surface area (Å²) in [6, 6.07) is 16.9. The first kappa shape index (κ1) is 12.8. The number of H-pyrrole nitrogens is 1. The molecule has 0 amide bonds. The molecular weight excluding hydrogens is 278 g/mol. The van der Waals surface area contributed by atoms with Crippen molar-refractivity contribution in [3.8, 4) is 0 Å². The summed E-state index contributed by atoms with van der Waals surface area (Å²) in [5.41, 5.74) is 5.19. The molecule has 0 saturated carbocycles. The standard InChI is InChI=1S/C17H17N3S/c1-2-4-12(5-3-1)20-21-13-6-7-16-14(10-13)15-11-18-9-8-17(15)19-16/h1-7,10,18-20H,8-9,11H2. The Bertz CT molecular complexity index is 764. The molecule has 3 N–H and O–H groups in total. The molecule has 3 aromatic rings. The summed E-state index contributed by atoms with van der Waals surface area (Å²) in [6.45, 7) is 2.03. The molecule has 0 atom stereocenters. The van der Waals surface area contributed by atoms with Crippen molar-refractivity contribution in [3.05, 3.63) is 59.8 Å². The Morgan fingerprint density at radius 3 is 2.86 bits per heavy atom. The summed E-state index contributed by atoms with van der Waals surface area (Å²) in [6.07, 6.45) is 1.09. The van der Waals surface area contributed by atoms with Gasteiger partial charge in [0.15, 0.2) is 0 Å². The topological polar surface area (TPSA) is 39.9 Å². The van der Waals surface area contributed by atoms with Gasteiger partial charge in [-0.05, 0) is 47.8 Å². The fourth-order valence-electron chi connectivity index (χ4n) is 2.81. The summed E-state index contributed by atoms with van der Waals surface area (Å²) >= 11 is 1.66. The van der Waals surface area contributed by atoms with Gasteiger partial charge in [0.1, 0.15) is 0 Å². The number of anilines is 1. The summed E-state index contributed by atoms with van der Waals surface area (Å²) in [5, 5.41) is 4.80. The molecule has 1 aliphatic rings. The Morgan fingerprint density at radius 1 is 1.05 bits per heavy atom. The van der Waals surface area contributed by atoms with Crippen LogP contribution in [-0.2, 0) is 13.0 Å². The van der Waals surface area contributed by atoms with E-state index in [4.69, 9.17) is 0 Å². The quantitative estimate of drug-likeness (QED) is 0.641. The number of para-hydroxylation sites is 1. The lowest BCUT2D eigenvalue weighted by atomic mass is 10.1. The highest BCUT2D eigenvalue weighted by molar-refractivity contribution is 8.00. The Kier molecular flexibility index (Phi) is 3.33. The first-order valence-electron chi connectivity index (χ1n) is 7.22. The number of hydrogen-bond acceptors (Lipinski definition) is 3. The normalized spacial score (nSPS) is 14.1. The number of nitrogens with one attached hydrogen (secondary N) is 3. The lowest BCUT2D eigenvalue weighted by Gasteiger charge is -2.12. The maximum absolute atomic E-state index is 3.55. The second kappa shape index (κ2) is 5.47. The Hall–Kier alpha value is -1.91. The third-order valence-corrected chi connectivity index (χ3v) is 4.71. The van der Waals surface area contributed by atoms with Crippen LogP contribution in [0.2, 0.25) is 0 Å². The van der Waals surface area contributed by atoms with Crippen molar-refractivity contribution < 1.29 is 0 Å². The van der Waals surface area contributed by atoms with E-state index in [1.54, 1.807) is 11.9 Å². The lowest BCUT2D eigenvalue weighted by Crippen LogP contribution is -2.22. The van der Waals surface area contributed by atoms with Crippen LogP contribution >= 0.6 is 11.9 Å². The SMILES string of the molecule is c1ccc(NSc2ccc3[nH]c4c(c3c2)CNCC4)cc1. The molecule has 1 aromatic heterocycles. The summed E-state index contributed by atoms with van der Waals surface area (Å²) in [5.74, 6) is 0. The molecule has 4 heteroatoms. The molecule has 0 saturated heterocycles. The Morgan fingerprint density at radius 2 is 1.95 bits per heavy atom.